The zero-order valence-corrected chi connectivity index (χ0v) is 39.6. The van der Waals surface area contributed by atoms with Crippen LogP contribution in [-0.2, 0) is 0 Å². The normalized spacial score (nSPS) is 13.1. The number of pyridine rings is 6. The summed E-state index contributed by atoms with van der Waals surface area (Å²) in [6, 6.07) is 44.3. The van der Waals surface area contributed by atoms with Gasteiger partial charge in [0.1, 0.15) is 92.6 Å². The van der Waals surface area contributed by atoms with Crippen LogP contribution in [0.25, 0.3) is 0 Å². The van der Waals surface area contributed by atoms with E-state index in [-0.39, 0.29) is 21.2 Å². The van der Waals surface area contributed by atoms with Gasteiger partial charge in [0.2, 0.25) is 0 Å². The van der Waals surface area contributed by atoms with Gasteiger partial charge in [0.05, 0.1) is 9.85 Å². The lowest BCUT2D eigenvalue weighted by Crippen LogP contribution is -2.21. The third kappa shape index (κ3) is 8.55. The molecule has 0 N–H and O–H groups in total. The van der Waals surface area contributed by atoms with E-state index in [2.05, 4.69) is 0 Å². The Morgan fingerprint density at radius 2 is 0.414 bits per heavy atom. The molecule has 0 spiro atoms. The molecule has 0 saturated heterocycles. The van der Waals surface area contributed by atoms with Gasteiger partial charge in [-0.05, 0) is 97.1 Å². The van der Waals surface area contributed by atoms with Crippen molar-refractivity contribution in [3.8, 4) is 0 Å². The zero-order chi connectivity index (χ0) is 49.4. The molecule has 0 radical (unpaired) electrons. The highest BCUT2D eigenvalue weighted by Crippen LogP contribution is 2.44. The molecule has 2 aliphatic rings. The summed E-state index contributed by atoms with van der Waals surface area (Å²) in [7, 11) is 14.6. The fraction of sp³-hybridized carbons (Fsp3) is 0.160. The number of nitro groups is 2. The van der Waals surface area contributed by atoms with E-state index in [1.54, 1.807) is 84.2 Å². The molecule has 0 atom stereocenters. The number of nitrogens with zero attached hydrogens (tertiary/aromatic N) is 16. The average Bonchev–Trinajstić information content (AvgIpc) is 3.40. The van der Waals surface area contributed by atoms with Crippen molar-refractivity contribution in [1.82, 2.24) is 29.9 Å². The molecule has 0 aliphatic carbocycles. The second-order valence-corrected chi connectivity index (χ2v) is 16.4. The zero-order valence-electron chi connectivity index (χ0n) is 39.6. The molecular weight excluding hydrogens is 889 g/mol. The second-order valence-electron chi connectivity index (χ2n) is 16.4. The van der Waals surface area contributed by atoms with Crippen LogP contribution in [0, 0.1) is 20.2 Å². The van der Waals surface area contributed by atoms with Crippen molar-refractivity contribution in [2.45, 2.75) is 0 Å². The highest BCUT2D eigenvalue weighted by atomic mass is 16.6. The van der Waals surface area contributed by atoms with Crippen LogP contribution in [0.1, 0.15) is 0 Å². The number of hydrogen-bond donors (Lipinski definition) is 0. The van der Waals surface area contributed by atoms with Crippen LogP contribution in [0.2, 0.25) is 0 Å². The fourth-order valence-corrected chi connectivity index (χ4v) is 8.17. The molecule has 8 heterocycles. The lowest BCUT2D eigenvalue weighted by molar-refractivity contribution is -0.383. The fourth-order valence-electron chi connectivity index (χ4n) is 8.17. The summed E-state index contributed by atoms with van der Waals surface area (Å²) >= 11 is 0. The van der Waals surface area contributed by atoms with Crippen molar-refractivity contribution < 1.29 is 9.85 Å². The summed E-state index contributed by atoms with van der Waals surface area (Å²) < 4.78 is 0. The molecule has 0 fully saturated rings. The summed E-state index contributed by atoms with van der Waals surface area (Å²) in [5.74, 6) is 7.71. The minimum Gasteiger partial charge on any atom is -0.324 e. The van der Waals surface area contributed by atoms with E-state index < -0.39 is 0 Å². The lowest BCUT2D eigenvalue weighted by Gasteiger charge is -2.26. The number of fused-ring (bicyclic) bond motifs is 16. The van der Waals surface area contributed by atoms with Crippen LogP contribution in [0.5, 0.6) is 0 Å². The highest BCUT2D eigenvalue weighted by molar-refractivity contribution is 5.85. The van der Waals surface area contributed by atoms with E-state index in [0.717, 1.165) is 0 Å². The Morgan fingerprint density at radius 1 is 0.271 bits per heavy atom. The predicted octanol–water partition coefficient (Wildman–Crippen LogP) is 10.3. The third-order valence-electron chi connectivity index (χ3n) is 12.2. The van der Waals surface area contributed by atoms with Crippen molar-refractivity contribution >= 4 is 104 Å². The van der Waals surface area contributed by atoms with Crippen LogP contribution in [0.3, 0.4) is 0 Å². The van der Waals surface area contributed by atoms with Gasteiger partial charge in [-0.3, -0.25) is 20.2 Å². The van der Waals surface area contributed by atoms with E-state index in [9.17, 15) is 20.2 Å². The maximum Gasteiger partial charge on any atom is 0.316 e. The summed E-state index contributed by atoms with van der Waals surface area (Å²) in [5.41, 5.74) is 1.63. The van der Waals surface area contributed by atoms with Crippen LogP contribution in [0.4, 0.5) is 104 Å². The van der Waals surface area contributed by atoms with Crippen molar-refractivity contribution in [3.05, 3.63) is 166 Å². The van der Waals surface area contributed by atoms with E-state index >= 15 is 0 Å². The number of para-hydroxylation sites is 2. The molecule has 2 aromatic carbocycles. The van der Waals surface area contributed by atoms with Gasteiger partial charge >= 0.3 is 11.4 Å². The number of hydrogen-bond acceptors (Lipinski definition) is 18. The lowest BCUT2D eigenvalue weighted by atomic mass is 10.2. The molecule has 8 aromatic rings. The molecule has 20 nitrogen and oxygen atoms in total. The monoisotopic (exact) mass is 936 g/mol. The van der Waals surface area contributed by atoms with E-state index in [4.69, 9.17) is 29.9 Å². The largest absolute Gasteiger partial charge is 0.324 e. The van der Waals surface area contributed by atoms with Gasteiger partial charge in [0, 0.05) is 56.4 Å². The second kappa shape index (κ2) is 18.7. The minimum absolute atomic E-state index is 0.0300. The molecule has 20 heteroatoms. The van der Waals surface area contributed by atoms with Crippen molar-refractivity contribution in [2.75, 3.05) is 95.6 Å². The van der Waals surface area contributed by atoms with Gasteiger partial charge in [-0.1, -0.05) is 48.5 Å². The van der Waals surface area contributed by atoms with Crippen molar-refractivity contribution in [1.29, 1.82) is 0 Å². The first-order valence-electron chi connectivity index (χ1n) is 22.0. The molecule has 0 saturated carbocycles. The number of nitro benzene ring substituents is 2. The third-order valence-corrected chi connectivity index (χ3v) is 12.2. The molecule has 70 heavy (non-hydrogen) atoms. The Bertz CT molecular complexity index is 2880. The topological polar surface area (TPSA) is 190 Å². The van der Waals surface area contributed by atoms with Crippen LogP contribution in [-0.4, -0.2) is 96.1 Å². The Kier molecular flexibility index (Phi) is 12.2. The van der Waals surface area contributed by atoms with Gasteiger partial charge in [0.15, 0.2) is 0 Å². The SMILES string of the molecule is CN1c2cccc(n2)N(C)c2cccc(n2)N(C)c2cccc(c2[N+](=O)[O-])N(C)c2cccc1n2.CN1c2cccc(n2)N(C)c2cccc(n2)N(C)c2cccc(c2[N+](=O)[O-])N(C)c2cccc1n2. The summed E-state index contributed by atoms with van der Waals surface area (Å²) in [6.07, 6.45) is 0. The predicted molar refractivity (Wildman–Crippen MR) is 276 cm³/mol. The summed E-state index contributed by atoms with van der Waals surface area (Å²) in [5, 5.41) is 24.6. The Balaban J connectivity index is 0.000000174. The van der Waals surface area contributed by atoms with E-state index in [0.29, 0.717) is 92.6 Å². The maximum absolute atomic E-state index is 12.3. The smallest absolute Gasteiger partial charge is 0.316 e. The van der Waals surface area contributed by atoms with Gasteiger partial charge in [-0.2, -0.15) is 0 Å². The Morgan fingerprint density at radius 3 is 0.571 bits per heavy atom. The van der Waals surface area contributed by atoms with Crippen molar-refractivity contribution in [2.24, 2.45) is 0 Å². The van der Waals surface area contributed by atoms with Crippen molar-refractivity contribution in [3.63, 3.8) is 0 Å². The molecule has 2 aliphatic heterocycles. The standard InChI is InChI=1S/2C25H24N8O2/c2*1-29-17-9-5-10-18(25(17)33(34)35)30(2)20-12-7-14-22(27-20)32(4)24-16-8-15-23(28-24)31(3)21-13-6-11-19(29)26-21/h2*5-16H,1-4H3. The maximum atomic E-state index is 12.3. The number of anilines is 16. The highest BCUT2D eigenvalue weighted by Gasteiger charge is 2.29. The first-order chi connectivity index (χ1) is 33.7. The molecule has 16 bridgehead atoms. The van der Waals surface area contributed by atoms with Gasteiger partial charge in [-0.25, -0.2) is 29.9 Å². The van der Waals surface area contributed by atoms with Crippen LogP contribution in [0.15, 0.2) is 146 Å². The minimum atomic E-state index is -0.360. The number of rotatable bonds is 2. The number of benzene rings is 2. The van der Waals surface area contributed by atoms with E-state index in [1.807, 2.05) is 157 Å². The van der Waals surface area contributed by atoms with Gasteiger partial charge in [-0.15, -0.1) is 0 Å². The van der Waals surface area contributed by atoms with Gasteiger partial charge in [0.25, 0.3) is 0 Å². The number of aromatic nitrogens is 6. The van der Waals surface area contributed by atoms with E-state index in [1.165, 1.54) is 0 Å². The van der Waals surface area contributed by atoms with Crippen LogP contribution < -0.4 is 39.2 Å². The van der Waals surface area contributed by atoms with Crippen LogP contribution >= 0.6 is 0 Å². The summed E-state index contributed by atoms with van der Waals surface area (Å²) in [4.78, 5) is 67.1. The molecular formula is C50H48N16O4. The molecule has 6 aromatic heterocycles. The van der Waals surface area contributed by atoms with Gasteiger partial charge < -0.3 is 39.2 Å². The molecule has 352 valence electrons. The quantitative estimate of drug-likeness (QED) is 0.117. The Hall–Kier alpha value is -9.46. The Labute approximate surface area is 403 Å². The average molecular weight is 937 g/mol. The summed E-state index contributed by atoms with van der Waals surface area (Å²) in [6.45, 7) is 0. The first kappa shape index (κ1) is 45.7. The molecule has 0 unspecified atom stereocenters. The molecule has 0 amide bonds. The first-order valence-corrected chi connectivity index (χ1v) is 22.0. The molecule has 10 rings (SSSR count).